The zero-order chi connectivity index (χ0) is 11.6. The molecule has 0 saturated heterocycles. The topological polar surface area (TPSA) is 12.0 Å². The van der Waals surface area contributed by atoms with E-state index in [-0.39, 0.29) is 6.04 Å². The summed E-state index contributed by atoms with van der Waals surface area (Å²) in [6, 6.07) is 0.157. The van der Waals surface area contributed by atoms with Crippen LogP contribution < -0.4 is 5.32 Å². The highest BCUT2D eigenvalue weighted by Gasteiger charge is 2.23. The number of hydrogen-bond acceptors (Lipinski definition) is 1. The van der Waals surface area contributed by atoms with Crippen molar-refractivity contribution in [2.24, 2.45) is 0 Å². The smallest absolute Gasteiger partial charge is 0.115 e. The summed E-state index contributed by atoms with van der Waals surface area (Å²) >= 11 is 0. The fourth-order valence-corrected chi connectivity index (χ4v) is 2.51. The summed E-state index contributed by atoms with van der Waals surface area (Å²) in [5.74, 6) is 0. The van der Waals surface area contributed by atoms with E-state index in [2.05, 4.69) is 12.2 Å². The van der Waals surface area contributed by atoms with Crippen LogP contribution in [0.5, 0.6) is 0 Å². The Kier molecular flexibility index (Phi) is 7.83. The SMILES string of the molecule is CCCCCCCCN[C@@H]1CCCC[C@H]1F. The van der Waals surface area contributed by atoms with Crippen LogP contribution in [0.25, 0.3) is 0 Å². The lowest BCUT2D eigenvalue weighted by atomic mass is 9.93. The molecule has 2 heteroatoms. The molecule has 1 saturated carbocycles. The number of hydrogen-bond donors (Lipinski definition) is 1. The summed E-state index contributed by atoms with van der Waals surface area (Å²) in [6.45, 7) is 3.25. The second kappa shape index (κ2) is 8.98. The number of alkyl halides is 1. The van der Waals surface area contributed by atoms with Gasteiger partial charge >= 0.3 is 0 Å². The molecule has 96 valence electrons. The lowest BCUT2D eigenvalue weighted by Crippen LogP contribution is -2.40. The van der Waals surface area contributed by atoms with Crippen molar-refractivity contribution in [3.63, 3.8) is 0 Å². The van der Waals surface area contributed by atoms with E-state index < -0.39 is 6.17 Å². The lowest BCUT2D eigenvalue weighted by Gasteiger charge is -2.26. The highest BCUT2D eigenvalue weighted by molar-refractivity contribution is 4.80. The van der Waals surface area contributed by atoms with E-state index in [9.17, 15) is 4.39 Å². The predicted molar refractivity (Wildman–Crippen MR) is 68.5 cm³/mol. The summed E-state index contributed by atoms with van der Waals surface area (Å²) in [4.78, 5) is 0. The van der Waals surface area contributed by atoms with E-state index >= 15 is 0 Å². The largest absolute Gasteiger partial charge is 0.311 e. The van der Waals surface area contributed by atoms with Crippen molar-refractivity contribution in [1.82, 2.24) is 5.32 Å². The Morgan fingerprint density at radius 1 is 1.00 bits per heavy atom. The molecule has 0 aromatic heterocycles. The molecule has 0 aromatic rings. The average Bonchev–Trinajstić information content (AvgIpc) is 2.30. The second-order valence-electron chi connectivity index (χ2n) is 5.13. The Balaban J connectivity index is 1.90. The molecule has 0 unspecified atom stereocenters. The second-order valence-corrected chi connectivity index (χ2v) is 5.13. The molecule has 1 nitrogen and oxygen atoms in total. The summed E-state index contributed by atoms with van der Waals surface area (Å²) in [6.07, 6.45) is 11.4. The van der Waals surface area contributed by atoms with Crippen LogP contribution in [0.3, 0.4) is 0 Å². The first-order chi connectivity index (χ1) is 7.84. The molecule has 16 heavy (non-hydrogen) atoms. The van der Waals surface area contributed by atoms with Crippen molar-refractivity contribution in [3.8, 4) is 0 Å². The van der Waals surface area contributed by atoms with Crippen LogP contribution in [0, 0.1) is 0 Å². The van der Waals surface area contributed by atoms with Crippen LogP contribution in [-0.2, 0) is 0 Å². The molecule has 1 aliphatic carbocycles. The Bertz CT molecular complexity index is 161. The van der Waals surface area contributed by atoms with E-state index in [1.165, 1.54) is 44.9 Å². The average molecular weight is 229 g/mol. The molecule has 0 amide bonds. The van der Waals surface area contributed by atoms with Crippen molar-refractivity contribution >= 4 is 0 Å². The van der Waals surface area contributed by atoms with Gasteiger partial charge in [-0.05, 0) is 25.8 Å². The minimum atomic E-state index is -0.589. The van der Waals surface area contributed by atoms with Gasteiger partial charge in [0.2, 0.25) is 0 Å². The summed E-state index contributed by atoms with van der Waals surface area (Å²) in [7, 11) is 0. The predicted octanol–water partition coefficient (Wildman–Crippen LogP) is 4.22. The van der Waals surface area contributed by atoms with Crippen LogP contribution in [-0.4, -0.2) is 18.8 Å². The van der Waals surface area contributed by atoms with Crippen LogP contribution in [0.1, 0.15) is 71.1 Å². The van der Waals surface area contributed by atoms with Gasteiger partial charge < -0.3 is 5.32 Å². The Labute approximate surface area is 100 Å². The van der Waals surface area contributed by atoms with Gasteiger partial charge in [-0.15, -0.1) is 0 Å². The van der Waals surface area contributed by atoms with Crippen molar-refractivity contribution in [1.29, 1.82) is 0 Å². The van der Waals surface area contributed by atoms with E-state index in [4.69, 9.17) is 0 Å². The van der Waals surface area contributed by atoms with Crippen LogP contribution >= 0.6 is 0 Å². The fraction of sp³-hybridized carbons (Fsp3) is 1.00. The third-order valence-corrected chi connectivity index (χ3v) is 3.62. The molecule has 0 bridgehead atoms. The Morgan fingerprint density at radius 2 is 1.69 bits per heavy atom. The first-order valence-electron chi connectivity index (χ1n) is 7.22. The fourth-order valence-electron chi connectivity index (χ4n) is 2.51. The molecule has 0 heterocycles. The van der Waals surface area contributed by atoms with Crippen molar-refractivity contribution < 1.29 is 4.39 Å². The van der Waals surface area contributed by atoms with Crippen molar-refractivity contribution in [2.75, 3.05) is 6.54 Å². The van der Waals surface area contributed by atoms with Gasteiger partial charge in [0, 0.05) is 6.04 Å². The molecule has 2 atom stereocenters. The first-order valence-corrected chi connectivity index (χ1v) is 7.22. The van der Waals surface area contributed by atoms with Gasteiger partial charge in [-0.25, -0.2) is 4.39 Å². The van der Waals surface area contributed by atoms with E-state index in [0.29, 0.717) is 0 Å². The van der Waals surface area contributed by atoms with Gasteiger partial charge in [-0.1, -0.05) is 51.9 Å². The molecular formula is C14H28FN. The van der Waals surface area contributed by atoms with Gasteiger partial charge in [0.1, 0.15) is 6.17 Å². The zero-order valence-corrected chi connectivity index (χ0v) is 10.8. The van der Waals surface area contributed by atoms with Crippen LogP contribution in [0.4, 0.5) is 4.39 Å². The molecule has 0 radical (unpaired) electrons. The maximum Gasteiger partial charge on any atom is 0.115 e. The van der Waals surface area contributed by atoms with Crippen molar-refractivity contribution in [3.05, 3.63) is 0 Å². The summed E-state index contributed by atoms with van der Waals surface area (Å²) in [5.41, 5.74) is 0. The molecule has 0 spiro atoms. The minimum absolute atomic E-state index is 0.157. The third kappa shape index (κ3) is 5.83. The molecule has 1 rings (SSSR count). The first kappa shape index (κ1) is 14.0. The van der Waals surface area contributed by atoms with E-state index in [1.807, 2.05) is 0 Å². The minimum Gasteiger partial charge on any atom is -0.311 e. The molecule has 0 aromatic carbocycles. The number of nitrogens with one attached hydrogen (secondary N) is 1. The van der Waals surface area contributed by atoms with Crippen LogP contribution in [0.15, 0.2) is 0 Å². The maximum atomic E-state index is 13.5. The molecule has 0 aliphatic heterocycles. The zero-order valence-electron chi connectivity index (χ0n) is 10.8. The van der Waals surface area contributed by atoms with Crippen LogP contribution in [0.2, 0.25) is 0 Å². The molecule has 1 fully saturated rings. The molecular weight excluding hydrogens is 201 g/mol. The van der Waals surface area contributed by atoms with Crippen molar-refractivity contribution in [2.45, 2.75) is 83.3 Å². The van der Waals surface area contributed by atoms with Gasteiger partial charge in [0.05, 0.1) is 0 Å². The number of rotatable bonds is 8. The third-order valence-electron chi connectivity index (χ3n) is 3.62. The maximum absolute atomic E-state index is 13.5. The summed E-state index contributed by atoms with van der Waals surface area (Å²) < 4.78 is 13.5. The number of halogens is 1. The van der Waals surface area contributed by atoms with Gasteiger partial charge in [-0.2, -0.15) is 0 Å². The summed E-state index contributed by atoms with van der Waals surface area (Å²) in [5, 5.41) is 3.39. The van der Waals surface area contributed by atoms with Gasteiger partial charge in [0.25, 0.3) is 0 Å². The Hall–Kier alpha value is -0.110. The van der Waals surface area contributed by atoms with Gasteiger partial charge in [0.15, 0.2) is 0 Å². The van der Waals surface area contributed by atoms with E-state index in [1.54, 1.807) is 0 Å². The standard InChI is InChI=1S/C14H28FN/c1-2-3-4-5-6-9-12-16-14-11-8-7-10-13(14)15/h13-14,16H,2-12H2,1H3/t13-,14-/m1/s1. The highest BCUT2D eigenvalue weighted by Crippen LogP contribution is 2.21. The normalized spacial score (nSPS) is 25.9. The highest BCUT2D eigenvalue weighted by atomic mass is 19.1. The Morgan fingerprint density at radius 3 is 2.44 bits per heavy atom. The van der Waals surface area contributed by atoms with Gasteiger partial charge in [-0.3, -0.25) is 0 Å². The number of unbranched alkanes of at least 4 members (excludes halogenated alkanes) is 5. The lowest BCUT2D eigenvalue weighted by molar-refractivity contribution is 0.189. The van der Waals surface area contributed by atoms with E-state index in [0.717, 1.165) is 25.8 Å². The quantitative estimate of drug-likeness (QED) is 0.615. The molecule has 1 aliphatic rings. The monoisotopic (exact) mass is 229 g/mol. The molecule has 1 N–H and O–H groups in total.